The number of benzene rings is 1. The number of piperidine rings is 1. The maximum atomic E-state index is 12.9. The van der Waals surface area contributed by atoms with Gasteiger partial charge >= 0.3 is 6.18 Å². The maximum Gasteiger partial charge on any atom is 0.416 e. The van der Waals surface area contributed by atoms with Crippen molar-refractivity contribution < 1.29 is 22.9 Å². The number of nitro benzene ring substituents is 1. The molecule has 0 atom stereocenters. The highest BCUT2D eigenvalue weighted by molar-refractivity contribution is 5.79. The molecule has 0 spiro atoms. The second kappa shape index (κ2) is 9.36. The average molecular weight is 439 g/mol. The standard InChI is InChI=1S/C20H24F3N5O3/c1-26-13-14(12-25-26)3-2-8-24-19(29)15-6-9-27(10-7-15)17-5-4-16(20(21,22)23)11-18(17)28(30)31/h4-5,11-13,15H,2-3,6-10H2,1H3,(H,24,29). The summed E-state index contributed by atoms with van der Waals surface area (Å²) in [6.07, 6.45) is 1.62. The zero-order chi connectivity index (χ0) is 22.6. The Hall–Kier alpha value is -3.11. The van der Waals surface area contributed by atoms with Crippen LogP contribution in [0.25, 0.3) is 0 Å². The first-order chi connectivity index (χ1) is 14.6. The molecule has 0 bridgehead atoms. The van der Waals surface area contributed by atoms with Crippen molar-refractivity contribution in [3.8, 4) is 0 Å². The van der Waals surface area contributed by atoms with Crippen LogP contribution in [0.2, 0.25) is 0 Å². The molecule has 1 saturated heterocycles. The fourth-order valence-electron chi connectivity index (χ4n) is 3.75. The summed E-state index contributed by atoms with van der Waals surface area (Å²) < 4.78 is 40.4. The number of amides is 1. The van der Waals surface area contributed by atoms with Crippen molar-refractivity contribution in [2.75, 3.05) is 24.5 Å². The maximum absolute atomic E-state index is 12.9. The summed E-state index contributed by atoms with van der Waals surface area (Å²) in [5, 5.41) is 18.3. The van der Waals surface area contributed by atoms with E-state index in [0.29, 0.717) is 38.5 Å². The van der Waals surface area contributed by atoms with Gasteiger partial charge in [0.05, 0.1) is 16.7 Å². The van der Waals surface area contributed by atoms with E-state index in [1.807, 2.05) is 13.2 Å². The molecule has 1 N–H and O–H groups in total. The van der Waals surface area contributed by atoms with Crippen molar-refractivity contribution in [2.45, 2.75) is 31.9 Å². The molecule has 0 saturated carbocycles. The fraction of sp³-hybridized carbons (Fsp3) is 0.500. The van der Waals surface area contributed by atoms with Crippen LogP contribution in [0, 0.1) is 16.0 Å². The number of anilines is 1. The van der Waals surface area contributed by atoms with Gasteiger partial charge in [0, 0.05) is 44.9 Å². The molecule has 11 heteroatoms. The molecule has 1 aromatic heterocycles. The highest BCUT2D eigenvalue weighted by Crippen LogP contribution is 2.37. The summed E-state index contributed by atoms with van der Waals surface area (Å²) >= 11 is 0. The predicted molar refractivity (Wildman–Crippen MR) is 108 cm³/mol. The average Bonchev–Trinajstić information content (AvgIpc) is 3.15. The van der Waals surface area contributed by atoms with E-state index in [-0.39, 0.29) is 17.5 Å². The highest BCUT2D eigenvalue weighted by Gasteiger charge is 2.34. The molecule has 1 aliphatic rings. The summed E-state index contributed by atoms with van der Waals surface area (Å²) in [7, 11) is 1.84. The number of aromatic nitrogens is 2. The number of hydrogen-bond acceptors (Lipinski definition) is 5. The largest absolute Gasteiger partial charge is 0.416 e. The van der Waals surface area contributed by atoms with Gasteiger partial charge in [0.1, 0.15) is 5.69 Å². The van der Waals surface area contributed by atoms with Crippen LogP contribution in [0.5, 0.6) is 0 Å². The van der Waals surface area contributed by atoms with Gasteiger partial charge in [0.25, 0.3) is 5.69 Å². The van der Waals surface area contributed by atoms with Crippen molar-refractivity contribution in [3.05, 3.63) is 51.8 Å². The van der Waals surface area contributed by atoms with Crippen LogP contribution in [0.3, 0.4) is 0 Å². The van der Waals surface area contributed by atoms with Gasteiger partial charge in [-0.3, -0.25) is 19.6 Å². The first kappa shape index (κ1) is 22.6. The third kappa shape index (κ3) is 5.74. The monoisotopic (exact) mass is 439 g/mol. The summed E-state index contributed by atoms with van der Waals surface area (Å²) in [4.78, 5) is 24.6. The summed E-state index contributed by atoms with van der Waals surface area (Å²) in [5.74, 6) is -0.282. The van der Waals surface area contributed by atoms with Crippen LogP contribution < -0.4 is 10.2 Å². The molecular weight excluding hydrogens is 415 g/mol. The molecule has 8 nitrogen and oxygen atoms in total. The van der Waals surface area contributed by atoms with Crippen molar-refractivity contribution in [1.82, 2.24) is 15.1 Å². The molecule has 1 fully saturated rings. The second-order valence-electron chi connectivity index (χ2n) is 7.64. The minimum atomic E-state index is -4.65. The topological polar surface area (TPSA) is 93.3 Å². The van der Waals surface area contributed by atoms with E-state index in [1.54, 1.807) is 15.8 Å². The Bertz CT molecular complexity index is 936. The van der Waals surface area contributed by atoms with Gasteiger partial charge in [0.15, 0.2) is 0 Å². The molecule has 2 heterocycles. The van der Waals surface area contributed by atoms with Gasteiger partial charge in [-0.25, -0.2) is 0 Å². The molecule has 0 aliphatic carbocycles. The van der Waals surface area contributed by atoms with Gasteiger partial charge in [-0.2, -0.15) is 18.3 Å². The number of nitrogens with one attached hydrogen (secondary N) is 1. The second-order valence-corrected chi connectivity index (χ2v) is 7.64. The lowest BCUT2D eigenvalue weighted by Gasteiger charge is -2.32. The van der Waals surface area contributed by atoms with E-state index in [2.05, 4.69) is 10.4 Å². The Labute approximate surface area is 177 Å². The van der Waals surface area contributed by atoms with Crippen molar-refractivity contribution in [1.29, 1.82) is 0 Å². The summed E-state index contributed by atoms with van der Waals surface area (Å²) in [5.41, 5.74) is -0.381. The highest BCUT2D eigenvalue weighted by atomic mass is 19.4. The number of nitrogens with zero attached hydrogens (tertiary/aromatic N) is 4. The Morgan fingerprint density at radius 3 is 2.61 bits per heavy atom. The molecule has 1 aromatic carbocycles. The van der Waals surface area contributed by atoms with Crippen LogP contribution in [0.4, 0.5) is 24.5 Å². The van der Waals surface area contributed by atoms with Gasteiger partial charge in [-0.1, -0.05) is 0 Å². The summed E-state index contributed by atoms with van der Waals surface area (Å²) in [6.45, 7) is 1.26. The molecule has 0 unspecified atom stereocenters. The van der Waals surface area contributed by atoms with Gasteiger partial charge in [-0.05, 0) is 43.4 Å². The van der Waals surface area contributed by atoms with E-state index >= 15 is 0 Å². The molecule has 2 aromatic rings. The van der Waals surface area contributed by atoms with E-state index in [1.165, 1.54) is 0 Å². The number of rotatable bonds is 7. The molecule has 0 radical (unpaired) electrons. The van der Waals surface area contributed by atoms with Crippen LogP contribution >= 0.6 is 0 Å². The van der Waals surface area contributed by atoms with Gasteiger partial charge in [-0.15, -0.1) is 0 Å². The third-order valence-corrected chi connectivity index (χ3v) is 5.41. The van der Waals surface area contributed by atoms with Gasteiger partial charge < -0.3 is 10.2 Å². The zero-order valence-corrected chi connectivity index (χ0v) is 17.1. The molecule has 3 rings (SSSR count). The number of aryl methyl sites for hydroxylation is 2. The summed E-state index contributed by atoms with van der Waals surface area (Å²) in [6, 6.07) is 2.56. The lowest BCUT2D eigenvalue weighted by Crippen LogP contribution is -2.41. The quantitative estimate of drug-likeness (QED) is 0.406. The minimum Gasteiger partial charge on any atom is -0.366 e. The Kier molecular flexibility index (Phi) is 6.81. The normalized spacial score (nSPS) is 15.2. The van der Waals surface area contributed by atoms with Crippen LogP contribution in [0.15, 0.2) is 30.6 Å². The van der Waals surface area contributed by atoms with E-state index in [4.69, 9.17) is 0 Å². The molecule has 1 amide bonds. The van der Waals surface area contributed by atoms with Crippen molar-refractivity contribution >= 4 is 17.3 Å². The number of hydrogen-bond donors (Lipinski definition) is 1. The van der Waals surface area contributed by atoms with E-state index < -0.39 is 22.4 Å². The van der Waals surface area contributed by atoms with E-state index in [9.17, 15) is 28.1 Å². The molecule has 168 valence electrons. The number of carbonyl (C=O) groups is 1. The number of alkyl halides is 3. The fourth-order valence-corrected chi connectivity index (χ4v) is 3.75. The smallest absolute Gasteiger partial charge is 0.366 e. The Balaban J connectivity index is 1.51. The Morgan fingerprint density at radius 1 is 1.32 bits per heavy atom. The van der Waals surface area contributed by atoms with Crippen molar-refractivity contribution in [2.24, 2.45) is 13.0 Å². The van der Waals surface area contributed by atoms with Gasteiger partial charge in [0.2, 0.25) is 5.91 Å². The van der Waals surface area contributed by atoms with E-state index in [0.717, 1.165) is 30.5 Å². The van der Waals surface area contributed by atoms with Crippen LogP contribution in [-0.4, -0.2) is 40.2 Å². The SMILES string of the molecule is Cn1cc(CCCNC(=O)C2CCN(c3ccc(C(F)(F)F)cc3[N+](=O)[O-])CC2)cn1. The number of halogens is 3. The minimum absolute atomic E-state index is 0.0623. The Morgan fingerprint density at radius 2 is 2.03 bits per heavy atom. The predicted octanol–water partition coefficient (Wildman–Crippen LogP) is 3.31. The zero-order valence-electron chi connectivity index (χ0n) is 17.1. The molecule has 31 heavy (non-hydrogen) atoms. The van der Waals surface area contributed by atoms with Crippen LogP contribution in [0.1, 0.15) is 30.4 Å². The van der Waals surface area contributed by atoms with Crippen LogP contribution in [-0.2, 0) is 24.4 Å². The number of carbonyl (C=O) groups excluding carboxylic acids is 1. The first-order valence-corrected chi connectivity index (χ1v) is 10.0. The lowest BCUT2D eigenvalue weighted by atomic mass is 9.95. The molecule has 1 aliphatic heterocycles. The van der Waals surface area contributed by atoms with Crippen molar-refractivity contribution in [3.63, 3.8) is 0 Å². The number of nitro groups is 1. The third-order valence-electron chi connectivity index (χ3n) is 5.41. The first-order valence-electron chi connectivity index (χ1n) is 10.0. The molecular formula is C20H24F3N5O3. The lowest BCUT2D eigenvalue weighted by molar-refractivity contribution is -0.384.